The fourth-order valence-corrected chi connectivity index (χ4v) is 3.44. The molecule has 1 N–H and O–H groups in total. The molecular formula is C11H19NO2Si. The van der Waals surface area contributed by atoms with Crippen LogP contribution in [0.25, 0.3) is 0 Å². The van der Waals surface area contributed by atoms with Gasteiger partial charge in [0.1, 0.15) is 0 Å². The number of hydrogen-bond acceptors (Lipinski definition) is 2. The molecule has 0 aromatic carbocycles. The standard InChI is InChI=1S/C11H19NO2Si/c1-5-14-11(15(2,3)4)9-7-6-8-12-10(9)13/h6-8,11H,5H2,1-4H3,(H,12,13). The Morgan fingerprint density at radius 2 is 2.13 bits per heavy atom. The highest BCUT2D eigenvalue weighted by Crippen LogP contribution is 2.25. The SMILES string of the molecule is CCOC(c1ccc[nH]c1=O)[Si](C)(C)C. The summed E-state index contributed by atoms with van der Waals surface area (Å²) in [4.78, 5) is 14.4. The predicted molar refractivity (Wildman–Crippen MR) is 64.8 cm³/mol. The van der Waals surface area contributed by atoms with Crippen LogP contribution in [-0.4, -0.2) is 19.7 Å². The largest absolute Gasteiger partial charge is 0.377 e. The molecule has 84 valence electrons. The van der Waals surface area contributed by atoms with Crippen molar-refractivity contribution in [3.05, 3.63) is 34.2 Å². The molecule has 0 radical (unpaired) electrons. The van der Waals surface area contributed by atoms with Crippen molar-refractivity contribution in [1.82, 2.24) is 4.98 Å². The molecule has 1 heterocycles. The van der Waals surface area contributed by atoms with Crippen molar-refractivity contribution in [3.63, 3.8) is 0 Å². The summed E-state index contributed by atoms with van der Waals surface area (Å²) in [6.07, 6.45) is 1.65. The third-order valence-corrected chi connectivity index (χ3v) is 4.30. The maximum Gasteiger partial charge on any atom is 0.253 e. The van der Waals surface area contributed by atoms with E-state index in [4.69, 9.17) is 4.74 Å². The van der Waals surface area contributed by atoms with Gasteiger partial charge in [0.05, 0.1) is 13.8 Å². The van der Waals surface area contributed by atoms with Gasteiger partial charge in [-0.2, -0.15) is 0 Å². The third-order valence-electron chi connectivity index (χ3n) is 2.25. The number of aromatic amines is 1. The van der Waals surface area contributed by atoms with Gasteiger partial charge in [0, 0.05) is 18.4 Å². The maximum absolute atomic E-state index is 11.7. The number of nitrogens with one attached hydrogen (secondary N) is 1. The molecule has 15 heavy (non-hydrogen) atoms. The van der Waals surface area contributed by atoms with Crippen LogP contribution in [0.2, 0.25) is 19.6 Å². The van der Waals surface area contributed by atoms with E-state index in [1.807, 2.05) is 19.1 Å². The van der Waals surface area contributed by atoms with Crippen LogP contribution in [0.3, 0.4) is 0 Å². The molecule has 0 saturated carbocycles. The molecule has 0 saturated heterocycles. The average molecular weight is 225 g/mol. The van der Waals surface area contributed by atoms with E-state index >= 15 is 0 Å². The highest BCUT2D eigenvalue weighted by Gasteiger charge is 2.30. The highest BCUT2D eigenvalue weighted by molar-refractivity contribution is 6.77. The summed E-state index contributed by atoms with van der Waals surface area (Å²) in [5.41, 5.74) is 0.712. The summed E-state index contributed by atoms with van der Waals surface area (Å²) < 4.78 is 5.72. The fraction of sp³-hybridized carbons (Fsp3) is 0.545. The van der Waals surface area contributed by atoms with Crippen LogP contribution in [0.4, 0.5) is 0 Å². The Kier molecular flexibility index (Phi) is 3.88. The lowest BCUT2D eigenvalue weighted by Crippen LogP contribution is -2.36. The number of aromatic nitrogens is 1. The Morgan fingerprint density at radius 3 is 2.60 bits per heavy atom. The van der Waals surface area contributed by atoms with Crippen molar-refractivity contribution < 1.29 is 4.74 Å². The molecule has 0 amide bonds. The Bertz CT molecular complexity index is 367. The summed E-state index contributed by atoms with van der Waals surface area (Å²) >= 11 is 0. The van der Waals surface area contributed by atoms with Crippen LogP contribution in [-0.2, 0) is 4.74 Å². The van der Waals surface area contributed by atoms with Crippen molar-refractivity contribution in [1.29, 1.82) is 0 Å². The molecule has 0 aliphatic rings. The Hall–Kier alpha value is -0.873. The fourth-order valence-electron chi connectivity index (χ4n) is 1.61. The normalized spacial score (nSPS) is 13.9. The minimum absolute atomic E-state index is 0.0209. The van der Waals surface area contributed by atoms with Crippen molar-refractivity contribution in [2.45, 2.75) is 32.3 Å². The minimum atomic E-state index is -1.52. The van der Waals surface area contributed by atoms with Crippen LogP contribution >= 0.6 is 0 Å². The Labute approximate surface area is 91.5 Å². The number of ether oxygens (including phenoxy) is 1. The lowest BCUT2D eigenvalue weighted by Gasteiger charge is -2.28. The molecule has 0 aliphatic carbocycles. The summed E-state index contributed by atoms with van der Waals surface area (Å²) in [7, 11) is -1.52. The first kappa shape index (κ1) is 12.2. The van der Waals surface area contributed by atoms with Crippen LogP contribution in [0.15, 0.2) is 23.1 Å². The number of pyridine rings is 1. The highest BCUT2D eigenvalue weighted by atomic mass is 28.3. The first-order valence-corrected chi connectivity index (χ1v) is 8.83. The molecule has 0 bridgehead atoms. The molecule has 0 spiro atoms. The maximum atomic E-state index is 11.7. The van der Waals surface area contributed by atoms with Gasteiger partial charge in [-0.1, -0.05) is 19.6 Å². The molecule has 1 rings (SSSR count). The van der Waals surface area contributed by atoms with Gasteiger partial charge in [-0.05, 0) is 19.1 Å². The molecule has 1 unspecified atom stereocenters. The molecule has 1 atom stereocenters. The van der Waals surface area contributed by atoms with E-state index in [0.717, 1.165) is 5.56 Å². The van der Waals surface area contributed by atoms with Crippen LogP contribution in [0.5, 0.6) is 0 Å². The second-order valence-electron chi connectivity index (χ2n) is 4.66. The average Bonchev–Trinajstić information content (AvgIpc) is 2.14. The zero-order valence-corrected chi connectivity index (χ0v) is 10.8. The summed E-state index contributed by atoms with van der Waals surface area (Å²) in [5.74, 6) is 0. The molecule has 1 aromatic rings. The molecular weight excluding hydrogens is 206 g/mol. The van der Waals surface area contributed by atoms with Gasteiger partial charge in [-0.3, -0.25) is 4.79 Å². The van der Waals surface area contributed by atoms with Gasteiger partial charge in [0.2, 0.25) is 0 Å². The third kappa shape index (κ3) is 3.04. The van der Waals surface area contributed by atoms with E-state index in [9.17, 15) is 4.79 Å². The van der Waals surface area contributed by atoms with E-state index in [2.05, 4.69) is 24.6 Å². The van der Waals surface area contributed by atoms with E-state index in [0.29, 0.717) is 6.61 Å². The molecule has 0 fully saturated rings. The van der Waals surface area contributed by atoms with Gasteiger partial charge in [0.15, 0.2) is 0 Å². The predicted octanol–water partition coefficient (Wildman–Crippen LogP) is 2.33. The lowest BCUT2D eigenvalue weighted by atomic mass is 10.3. The monoisotopic (exact) mass is 225 g/mol. The smallest absolute Gasteiger partial charge is 0.253 e. The van der Waals surface area contributed by atoms with Crippen LogP contribution in [0.1, 0.15) is 18.2 Å². The summed E-state index contributed by atoms with van der Waals surface area (Å²) in [6, 6.07) is 3.71. The number of rotatable bonds is 4. The van der Waals surface area contributed by atoms with Crippen LogP contribution < -0.4 is 5.56 Å². The lowest BCUT2D eigenvalue weighted by molar-refractivity contribution is 0.111. The second kappa shape index (κ2) is 4.77. The summed E-state index contributed by atoms with van der Waals surface area (Å²) in [6.45, 7) is 9.23. The first-order chi connectivity index (χ1) is 6.96. The van der Waals surface area contributed by atoms with Gasteiger partial charge >= 0.3 is 0 Å². The van der Waals surface area contributed by atoms with Gasteiger partial charge in [0.25, 0.3) is 5.56 Å². The van der Waals surface area contributed by atoms with E-state index < -0.39 is 8.07 Å². The first-order valence-electron chi connectivity index (χ1n) is 5.26. The van der Waals surface area contributed by atoms with Crippen molar-refractivity contribution >= 4 is 8.07 Å². The zero-order valence-electron chi connectivity index (χ0n) is 9.83. The quantitative estimate of drug-likeness (QED) is 0.799. The van der Waals surface area contributed by atoms with Crippen molar-refractivity contribution in [2.24, 2.45) is 0 Å². The topological polar surface area (TPSA) is 42.1 Å². The van der Waals surface area contributed by atoms with Crippen LogP contribution in [0, 0.1) is 0 Å². The zero-order chi connectivity index (χ0) is 11.5. The molecule has 3 nitrogen and oxygen atoms in total. The van der Waals surface area contributed by atoms with E-state index in [1.165, 1.54) is 0 Å². The van der Waals surface area contributed by atoms with Gasteiger partial charge < -0.3 is 9.72 Å². The molecule has 1 aromatic heterocycles. The minimum Gasteiger partial charge on any atom is -0.377 e. The van der Waals surface area contributed by atoms with Gasteiger partial charge in [-0.25, -0.2) is 0 Å². The van der Waals surface area contributed by atoms with Crippen molar-refractivity contribution in [2.75, 3.05) is 6.61 Å². The second-order valence-corrected chi connectivity index (χ2v) is 9.91. The van der Waals surface area contributed by atoms with E-state index in [-0.39, 0.29) is 11.3 Å². The number of hydrogen-bond donors (Lipinski definition) is 1. The Balaban J connectivity index is 3.11. The van der Waals surface area contributed by atoms with Gasteiger partial charge in [-0.15, -0.1) is 0 Å². The summed E-state index contributed by atoms with van der Waals surface area (Å²) in [5, 5.41) is 0. The Morgan fingerprint density at radius 1 is 1.47 bits per heavy atom. The number of H-pyrrole nitrogens is 1. The van der Waals surface area contributed by atoms with Crippen molar-refractivity contribution in [3.8, 4) is 0 Å². The van der Waals surface area contributed by atoms with E-state index in [1.54, 1.807) is 6.20 Å². The molecule has 0 aliphatic heterocycles. The molecule has 4 heteroatoms.